The van der Waals surface area contributed by atoms with Gasteiger partial charge in [0.2, 0.25) is 0 Å². The molecule has 3 rings (SSSR count). The van der Waals surface area contributed by atoms with E-state index in [9.17, 15) is 4.79 Å². The largest absolute Gasteiger partial charge is 0.482 e. The molecule has 3 nitrogen and oxygen atoms in total. The van der Waals surface area contributed by atoms with E-state index in [0.717, 1.165) is 17.5 Å². The van der Waals surface area contributed by atoms with Crippen molar-refractivity contribution in [1.29, 1.82) is 0 Å². The summed E-state index contributed by atoms with van der Waals surface area (Å²) in [7, 11) is 0. The molecule has 0 amide bonds. The number of rotatable bonds is 6. The minimum Gasteiger partial charge on any atom is -0.482 e. The van der Waals surface area contributed by atoms with Gasteiger partial charge in [-0.25, -0.2) is 4.79 Å². The van der Waals surface area contributed by atoms with Crippen LogP contribution in [0.25, 0.3) is 11.1 Å². The van der Waals surface area contributed by atoms with Crippen molar-refractivity contribution in [2.75, 3.05) is 6.61 Å². The lowest BCUT2D eigenvalue weighted by Crippen LogP contribution is -2.17. The molecular formula is C22H20O3. The number of hydrogen-bond acceptors (Lipinski definition) is 3. The molecule has 25 heavy (non-hydrogen) atoms. The highest BCUT2D eigenvalue weighted by molar-refractivity contribution is 5.74. The summed E-state index contributed by atoms with van der Waals surface area (Å²) >= 11 is 0. The first-order valence-electron chi connectivity index (χ1n) is 8.32. The van der Waals surface area contributed by atoms with Crippen LogP contribution in [0.15, 0.2) is 78.9 Å². The Morgan fingerprint density at radius 1 is 0.760 bits per heavy atom. The Balaban J connectivity index is 1.53. The van der Waals surface area contributed by atoms with E-state index in [-0.39, 0.29) is 6.61 Å². The maximum Gasteiger partial charge on any atom is 0.349 e. The molecule has 0 saturated carbocycles. The van der Waals surface area contributed by atoms with E-state index >= 15 is 0 Å². The second kappa shape index (κ2) is 8.15. The fourth-order valence-electron chi connectivity index (χ4n) is 2.47. The Labute approximate surface area is 147 Å². The van der Waals surface area contributed by atoms with Gasteiger partial charge in [0.25, 0.3) is 0 Å². The first-order valence-corrected chi connectivity index (χ1v) is 8.32. The van der Waals surface area contributed by atoms with Gasteiger partial charge in [0.05, 0.1) is 0 Å². The highest BCUT2D eigenvalue weighted by Crippen LogP contribution is 2.22. The molecule has 0 spiro atoms. The van der Waals surface area contributed by atoms with Crippen LogP contribution in [0.2, 0.25) is 0 Å². The van der Waals surface area contributed by atoms with Gasteiger partial charge in [0, 0.05) is 0 Å². The van der Waals surface area contributed by atoms with E-state index < -0.39 is 5.97 Å². The van der Waals surface area contributed by atoms with Crippen LogP contribution in [0.3, 0.4) is 0 Å². The van der Waals surface area contributed by atoms with Gasteiger partial charge < -0.3 is 9.47 Å². The lowest BCUT2D eigenvalue weighted by molar-refractivity contribution is -0.136. The Morgan fingerprint density at radius 2 is 1.36 bits per heavy atom. The fourth-order valence-corrected chi connectivity index (χ4v) is 2.47. The van der Waals surface area contributed by atoms with Gasteiger partial charge in [0.1, 0.15) is 11.5 Å². The minimum atomic E-state index is -0.420. The highest BCUT2D eigenvalue weighted by atomic mass is 16.6. The molecule has 3 aromatic carbocycles. The van der Waals surface area contributed by atoms with Crippen LogP contribution in [0.4, 0.5) is 0 Å². The van der Waals surface area contributed by atoms with E-state index in [1.54, 1.807) is 12.1 Å². The summed E-state index contributed by atoms with van der Waals surface area (Å²) in [6.45, 7) is 1.96. The van der Waals surface area contributed by atoms with Crippen molar-refractivity contribution in [1.82, 2.24) is 0 Å². The molecule has 0 N–H and O–H groups in total. The second-order valence-electron chi connectivity index (χ2n) is 5.65. The summed E-state index contributed by atoms with van der Waals surface area (Å²) in [5.74, 6) is 0.750. The van der Waals surface area contributed by atoms with Gasteiger partial charge in [-0.15, -0.1) is 0 Å². The quantitative estimate of drug-likeness (QED) is 0.476. The van der Waals surface area contributed by atoms with Crippen LogP contribution in [0.5, 0.6) is 11.5 Å². The molecule has 0 aliphatic rings. The van der Waals surface area contributed by atoms with Gasteiger partial charge in [-0.2, -0.15) is 0 Å². The third-order valence-corrected chi connectivity index (χ3v) is 3.88. The molecule has 0 radical (unpaired) electrons. The summed E-state index contributed by atoms with van der Waals surface area (Å²) in [6.07, 6.45) is 0.955. The summed E-state index contributed by atoms with van der Waals surface area (Å²) in [6, 6.07) is 25.2. The van der Waals surface area contributed by atoms with E-state index in [1.165, 1.54) is 5.56 Å². The summed E-state index contributed by atoms with van der Waals surface area (Å²) in [5.41, 5.74) is 3.45. The van der Waals surface area contributed by atoms with Crippen LogP contribution in [0.1, 0.15) is 12.5 Å². The highest BCUT2D eigenvalue weighted by Gasteiger charge is 2.06. The van der Waals surface area contributed by atoms with Gasteiger partial charge in [-0.3, -0.25) is 0 Å². The number of benzene rings is 3. The molecule has 0 bridgehead atoms. The molecule has 0 aromatic heterocycles. The maximum absolute atomic E-state index is 11.9. The Hall–Kier alpha value is -3.07. The molecule has 3 aromatic rings. The Kier molecular flexibility index (Phi) is 5.47. The van der Waals surface area contributed by atoms with Crippen molar-refractivity contribution in [3.05, 3.63) is 84.4 Å². The standard InChI is InChI=1S/C22H20O3/c1-2-17-8-12-21(13-9-17)25-22(23)16-24-20-14-10-19(11-15-20)18-6-4-3-5-7-18/h3-15H,2,16H2,1H3. The molecule has 0 unspecified atom stereocenters. The van der Waals surface area contributed by atoms with Crippen LogP contribution in [-0.4, -0.2) is 12.6 Å². The van der Waals surface area contributed by atoms with Crippen molar-refractivity contribution < 1.29 is 14.3 Å². The number of hydrogen-bond donors (Lipinski definition) is 0. The average molecular weight is 332 g/mol. The molecular weight excluding hydrogens is 312 g/mol. The summed E-state index contributed by atoms with van der Waals surface area (Å²) in [4.78, 5) is 11.9. The zero-order valence-corrected chi connectivity index (χ0v) is 14.1. The predicted molar refractivity (Wildman–Crippen MR) is 98.8 cm³/mol. The average Bonchev–Trinajstić information content (AvgIpc) is 2.68. The SMILES string of the molecule is CCc1ccc(OC(=O)COc2ccc(-c3ccccc3)cc2)cc1. The molecule has 3 heteroatoms. The molecule has 0 atom stereocenters. The fraction of sp³-hybridized carbons (Fsp3) is 0.136. The Morgan fingerprint density at radius 3 is 2.00 bits per heavy atom. The number of aryl methyl sites for hydroxylation is 1. The van der Waals surface area contributed by atoms with Crippen LogP contribution < -0.4 is 9.47 Å². The zero-order valence-electron chi connectivity index (χ0n) is 14.1. The number of carbonyl (C=O) groups excluding carboxylic acids is 1. The van der Waals surface area contributed by atoms with Gasteiger partial charge in [-0.05, 0) is 47.4 Å². The molecule has 0 saturated heterocycles. The summed E-state index contributed by atoms with van der Waals surface area (Å²) < 4.78 is 10.8. The Bertz CT molecular complexity index is 806. The van der Waals surface area contributed by atoms with Gasteiger partial charge >= 0.3 is 5.97 Å². The first kappa shape index (κ1) is 16.8. The van der Waals surface area contributed by atoms with E-state index in [2.05, 4.69) is 19.1 Å². The first-order chi connectivity index (χ1) is 12.2. The molecule has 0 aliphatic heterocycles. The molecule has 0 aliphatic carbocycles. The van der Waals surface area contributed by atoms with Crippen molar-refractivity contribution in [2.45, 2.75) is 13.3 Å². The topological polar surface area (TPSA) is 35.5 Å². The zero-order chi connectivity index (χ0) is 17.5. The molecule has 0 heterocycles. The van der Waals surface area contributed by atoms with Crippen LogP contribution >= 0.6 is 0 Å². The summed E-state index contributed by atoms with van der Waals surface area (Å²) in [5, 5.41) is 0. The van der Waals surface area contributed by atoms with E-state index in [1.807, 2.05) is 54.6 Å². The van der Waals surface area contributed by atoms with E-state index in [4.69, 9.17) is 9.47 Å². The smallest absolute Gasteiger partial charge is 0.349 e. The van der Waals surface area contributed by atoms with Crippen molar-refractivity contribution >= 4 is 5.97 Å². The van der Waals surface area contributed by atoms with Gasteiger partial charge in [0.15, 0.2) is 6.61 Å². The minimum absolute atomic E-state index is 0.125. The molecule has 126 valence electrons. The third kappa shape index (κ3) is 4.70. The molecule has 0 fully saturated rings. The predicted octanol–water partition coefficient (Wildman–Crippen LogP) is 4.90. The lowest BCUT2D eigenvalue weighted by atomic mass is 10.1. The van der Waals surface area contributed by atoms with E-state index in [0.29, 0.717) is 11.5 Å². The lowest BCUT2D eigenvalue weighted by Gasteiger charge is -2.08. The van der Waals surface area contributed by atoms with Crippen molar-refractivity contribution in [3.63, 3.8) is 0 Å². The monoisotopic (exact) mass is 332 g/mol. The number of esters is 1. The maximum atomic E-state index is 11.9. The second-order valence-corrected chi connectivity index (χ2v) is 5.65. The normalized spacial score (nSPS) is 10.3. The third-order valence-electron chi connectivity index (χ3n) is 3.88. The van der Waals surface area contributed by atoms with Crippen molar-refractivity contribution in [3.8, 4) is 22.6 Å². The van der Waals surface area contributed by atoms with Crippen LogP contribution in [-0.2, 0) is 11.2 Å². The number of ether oxygens (including phenoxy) is 2. The van der Waals surface area contributed by atoms with Gasteiger partial charge in [-0.1, -0.05) is 61.5 Å². The number of carbonyl (C=O) groups is 1. The van der Waals surface area contributed by atoms with Crippen molar-refractivity contribution in [2.24, 2.45) is 0 Å². The van der Waals surface area contributed by atoms with Crippen LogP contribution in [0, 0.1) is 0 Å².